The first-order valence-corrected chi connectivity index (χ1v) is 4.11. The second-order valence-corrected chi connectivity index (χ2v) is 2.65. The number of likely N-dealkylation sites (N-methyl/N-ethyl adjacent to an activating group) is 1. The predicted octanol–water partition coefficient (Wildman–Crippen LogP) is 0.531. The van der Waals surface area contributed by atoms with E-state index in [9.17, 15) is 0 Å². The van der Waals surface area contributed by atoms with Crippen molar-refractivity contribution in [2.75, 3.05) is 41.0 Å². The van der Waals surface area contributed by atoms with E-state index < -0.39 is 6.48 Å². The van der Waals surface area contributed by atoms with Crippen LogP contribution in [0.25, 0.3) is 0 Å². The molecule has 0 aromatic carbocycles. The Morgan fingerprint density at radius 3 is 2.33 bits per heavy atom. The molecule has 12 heavy (non-hydrogen) atoms. The molecule has 0 aliphatic rings. The minimum absolute atomic E-state index is 0.519. The molecular weight excluding hydrogens is 158 g/mol. The molecule has 74 valence electrons. The molecule has 0 amide bonds. The SMILES string of the molecule is CCOC(OC)OCCN(C)C. The zero-order chi connectivity index (χ0) is 9.40. The maximum atomic E-state index is 5.26. The number of ether oxygens (including phenoxy) is 3. The number of rotatable bonds is 7. The summed E-state index contributed by atoms with van der Waals surface area (Å²) in [7, 11) is 5.55. The highest BCUT2D eigenvalue weighted by Gasteiger charge is 2.05. The van der Waals surface area contributed by atoms with Crippen LogP contribution in [0, 0.1) is 0 Å². The number of hydrogen-bond donors (Lipinski definition) is 0. The number of nitrogens with zero attached hydrogens (tertiary/aromatic N) is 1. The molecule has 0 spiro atoms. The van der Waals surface area contributed by atoms with Crippen LogP contribution in [0.3, 0.4) is 0 Å². The van der Waals surface area contributed by atoms with Gasteiger partial charge in [0.05, 0.1) is 6.61 Å². The van der Waals surface area contributed by atoms with Gasteiger partial charge in [0, 0.05) is 20.3 Å². The van der Waals surface area contributed by atoms with Crippen molar-refractivity contribution in [2.24, 2.45) is 0 Å². The molecule has 0 bridgehead atoms. The molecule has 1 atom stereocenters. The summed E-state index contributed by atoms with van der Waals surface area (Å²) < 4.78 is 15.3. The van der Waals surface area contributed by atoms with Crippen molar-refractivity contribution in [3.8, 4) is 0 Å². The van der Waals surface area contributed by atoms with Crippen molar-refractivity contribution < 1.29 is 14.2 Å². The molecule has 4 nitrogen and oxygen atoms in total. The van der Waals surface area contributed by atoms with Crippen LogP contribution in [-0.2, 0) is 14.2 Å². The fourth-order valence-corrected chi connectivity index (χ4v) is 0.652. The van der Waals surface area contributed by atoms with Gasteiger partial charge in [0.1, 0.15) is 0 Å². The first-order valence-electron chi connectivity index (χ1n) is 4.11. The zero-order valence-corrected chi connectivity index (χ0v) is 8.37. The molecule has 0 rings (SSSR count). The van der Waals surface area contributed by atoms with Crippen LogP contribution < -0.4 is 0 Å². The van der Waals surface area contributed by atoms with Crippen LogP contribution in [0.5, 0.6) is 0 Å². The monoisotopic (exact) mass is 177 g/mol. The lowest BCUT2D eigenvalue weighted by atomic mass is 10.6. The normalized spacial score (nSPS) is 13.8. The number of methoxy groups -OCH3 is 1. The van der Waals surface area contributed by atoms with E-state index in [0.717, 1.165) is 6.54 Å². The van der Waals surface area contributed by atoms with Gasteiger partial charge in [-0.25, -0.2) is 0 Å². The Hall–Kier alpha value is -0.160. The van der Waals surface area contributed by atoms with Crippen molar-refractivity contribution in [3.05, 3.63) is 0 Å². The van der Waals surface area contributed by atoms with Crippen molar-refractivity contribution in [1.29, 1.82) is 0 Å². The Morgan fingerprint density at radius 2 is 1.92 bits per heavy atom. The molecule has 0 radical (unpaired) electrons. The Labute approximate surface area is 74.4 Å². The highest BCUT2D eigenvalue weighted by molar-refractivity contribution is 4.39. The molecule has 0 saturated carbocycles. The average molecular weight is 177 g/mol. The van der Waals surface area contributed by atoms with E-state index in [4.69, 9.17) is 14.2 Å². The lowest BCUT2D eigenvalue weighted by molar-refractivity contribution is -0.275. The maximum absolute atomic E-state index is 5.26. The lowest BCUT2D eigenvalue weighted by Gasteiger charge is -2.16. The fraction of sp³-hybridized carbons (Fsp3) is 1.00. The zero-order valence-electron chi connectivity index (χ0n) is 8.37. The molecular formula is C8H19NO3. The van der Waals surface area contributed by atoms with Gasteiger partial charge in [-0.3, -0.25) is 0 Å². The van der Waals surface area contributed by atoms with Gasteiger partial charge >= 0.3 is 0 Å². The van der Waals surface area contributed by atoms with E-state index in [2.05, 4.69) is 0 Å². The topological polar surface area (TPSA) is 30.9 Å². The van der Waals surface area contributed by atoms with Gasteiger partial charge in [-0.1, -0.05) is 0 Å². The Kier molecular flexibility index (Phi) is 7.39. The molecule has 0 heterocycles. The van der Waals surface area contributed by atoms with E-state index in [1.54, 1.807) is 7.11 Å². The second-order valence-electron chi connectivity index (χ2n) is 2.65. The highest BCUT2D eigenvalue weighted by atomic mass is 16.8. The third-order valence-corrected chi connectivity index (χ3v) is 1.29. The average Bonchev–Trinajstić information content (AvgIpc) is 2.02. The Bertz CT molecular complexity index is 98.3. The molecule has 1 unspecified atom stereocenters. The molecule has 4 heteroatoms. The van der Waals surface area contributed by atoms with Crippen molar-refractivity contribution in [1.82, 2.24) is 4.90 Å². The summed E-state index contributed by atoms with van der Waals surface area (Å²) in [4.78, 5) is 2.04. The van der Waals surface area contributed by atoms with Crippen LogP contribution >= 0.6 is 0 Å². The van der Waals surface area contributed by atoms with Crippen molar-refractivity contribution in [3.63, 3.8) is 0 Å². The number of hydrogen-bond acceptors (Lipinski definition) is 4. The van der Waals surface area contributed by atoms with Gasteiger partial charge in [-0.15, -0.1) is 0 Å². The van der Waals surface area contributed by atoms with Crippen LogP contribution in [0.4, 0.5) is 0 Å². The molecule has 0 aromatic rings. The summed E-state index contributed by atoms with van der Waals surface area (Å²) in [6, 6.07) is 0. The summed E-state index contributed by atoms with van der Waals surface area (Å²) in [5, 5.41) is 0. The van der Waals surface area contributed by atoms with E-state index in [1.807, 2.05) is 25.9 Å². The summed E-state index contributed by atoms with van der Waals surface area (Å²) in [6.07, 6.45) is 0. The maximum Gasteiger partial charge on any atom is 0.271 e. The van der Waals surface area contributed by atoms with E-state index in [0.29, 0.717) is 13.2 Å². The first-order chi connectivity index (χ1) is 5.70. The van der Waals surface area contributed by atoms with Gasteiger partial charge in [-0.05, 0) is 21.0 Å². The van der Waals surface area contributed by atoms with Gasteiger partial charge in [-0.2, -0.15) is 0 Å². The molecule has 0 aliphatic heterocycles. The largest absolute Gasteiger partial charge is 0.333 e. The smallest absolute Gasteiger partial charge is 0.271 e. The van der Waals surface area contributed by atoms with E-state index in [1.165, 1.54) is 0 Å². The molecule has 0 saturated heterocycles. The summed E-state index contributed by atoms with van der Waals surface area (Å²) in [5.41, 5.74) is 0. The van der Waals surface area contributed by atoms with Crippen molar-refractivity contribution >= 4 is 0 Å². The molecule has 0 fully saturated rings. The van der Waals surface area contributed by atoms with Crippen LogP contribution in [-0.4, -0.2) is 52.3 Å². The van der Waals surface area contributed by atoms with Gasteiger partial charge in [0.15, 0.2) is 0 Å². The molecule has 0 aromatic heterocycles. The van der Waals surface area contributed by atoms with Gasteiger partial charge in [0.2, 0.25) is 0 Å². The van der Waals surface area contributed by atoms with Gasteiger partial charge < -0.3 is 19.1 Å². The predicted molar refractivity (Wildman–Crippen MR) is 46.9 cm³/mol. The minimum Gasteiger partial charge on any atom is -0.333 e. The lowest BCUT2D eigenvalue weighted by Crippen LogP contribution is -2.25. The molecule has 0 N–H and O–H groups in total. The van der Waals surface area contributed by atoms with Crippen LogP contribution in [0.1, 0.15) is 6.92 Å². The summed E-state index contributed by atoms with van der Waals surface area (Å²) in [5.74, 6) is 0. The van der Waals surface area contributed by atoms with Crippen LogP contribution in [0.2, 0.25) is 0 Å². The quantitative estimate of drug-likeness (QED) is 0.531. The van der Waals surface area contributed by atoms with E-state index >= 15 is 0 Å². The van der Waals surface area contributed by atoms with E-state index in [-0.39, 0.29) is 0 Å². The first kappa shape index (κ1) is 11.8. The third-order valence-electron chi connectivity index (χ3n) is 1.29. The molecule has 0 aliphatic carbocycles. The van der Waals surface area contributed by atoms with Crippen LogP contribution in [0.15, 0.2) is 0 Å². The Morgan fingerprint density at radius 1 is 1.25 bits per heavy atom. The fourth-order valence-electron chi connectivity index (χ4n) is 0.652. The van der Waals surface area contributed by atoms with Gasteiger partial charge in [0.25, 0.3) is 6.48 Å². The minimum atomic E-state index is -0.519. The second kappa shape index (κ2) is 7.49. The third kappa shape index (κ3) is 6.54. The highest BCUT2D eigenvalue weighted by Crippen LogP contribution is 1.94. The van der Waals surface area contributed by atoms with Crippen molar-refractivity contribution in [2.45, 2.75) is 13.4 Å². The summed E-state index contributed by atoms with van der Waals surface area (Å²) >= 11 is 0. The summed E-state index contributed by atoms with van der Waals surface area (Å²) in [6.45, 7) is 3.47. The Balaban J connectivity index is 3.31. The standard InChI is InChI=1S/C8H19NO3/c1-5-11-8(10-4)12-7-6-9(2)3/h8H,5-7H2,1-4H3.